The molecule has 2 rings (SSSR count). The predicted molar refractivity (Wildman–Crippen MR) is 129 cm³/mol. The molecule has 2 aliphatic carbocycles. The number of hydrogen-bond acceptors (Lipinski definition) is 3. The van der Waals surface area contributed by atoms with Gasteiger partial charge in [-0.3, -0.25) is 4.79 Å². The molecule has 1 fully saturated rings. The average Bonchev–Trinajstić information content (AvgIpc) is 3.25. The summed E-state index contributed by atoms with van der Waals surface area (Å²) in [5, 5.41) is 21.7. The Labute approximate surface area is 190 Å². The van der Waals surface area contributed by atoms with Crippen LogP contribution in [-0.2, 0) is 4.79 Å². The lowest BCUT2D eigenvalue weighted by Crippen LogP contribution is -2.28. The summed E-state index contributed by atoms with van der Waals surface area (Å²) in [6, 6.07) is 0. The van der Waals surface area contributed by atoms with Crippen LogP contribution >= 0.6 is 0 Å². The van der Waals surface area contributed by atoms with Gasteiger partial charge in [0.25, 0.3) is 0 Å². The van der Waals surface area contributed by atoms with Crippen molar-refractivity contribution in [2.75, 3.05) is 14.1 Å². The monoisotopic (exact) mass is 433 g/mol. The molecule has 0 aromatic carbocycles. The Bertz CT molecular complexity index is 602. The van der Waals surface area contributed by atoms with E-state index in [0.717, 1.165) is 70.6 Å². The van der Waals surface area contributed by atoms with Crippen LogP contribution in [0.1, 0.15) is 97.3 Å². The SMILES string of the molecule is CCCCC(O)(C/C=C/[C@@H]1[C@H]2CC(CCCCC(=O)N(C)C)=C[C@H]2C[C@H]1O)CCCC. The van der Waals surface area contributed by atoms with Gasteiger partial charge in [0.05, 0.1) is 11.7 Å². The van der Waals surface area contributed by atoms with Crippen molar-refractivity contribution in [3.63, 3.8) is 0 Å². The number of fused-ring (bicyclic) bond motifs is 1. The van der Waals surface area contributed by atoms with Crippen molar-refractivity contribution >= 4 is 5.91 Å². The third kappa shape index (κ3) is 8.05. The second-order valence-electron chi connectivity index (χ2n) is 10.3. The van der Waals surface area contributed by atoms with Crippen LogP contribution in [0.3, 0.4) is 0 Å². The lowest BCUT2D eigenvalue weighted by atomic mass is 9.85. The molecular weight excluding hydrogens is 386 g/mol. The third-order valence-corrected chi connectivity index (χ3v) is 7.43. The highest BCUT2D eigenvalue weighted by Crippen LogP contribution is 2.48. The summed E-state index contributed by atoms with van der Waals surface area (Å²) in [5.41, 5.74) is 0.925. The number of hydrogen-bond donors (Lipinski definition) is 2. The van der Waals surface area contributed by atoms with Crippen LogP contribution in [-0.4, -0.2) is 46.8 Å². The number of carbonyl (C=O) groups is 1. The second-order valence-corrected chi connectivity index (χ2v) is 10.3. The van der Waals surface area contributed by atoms with Gasteiger partial charge in [0, 0.05) is 26.4 Å². The fraction of sp³-hybridized carbons (Fsp3) is 0.815. The number of aliphatic hydroxyl groups is 2. The van der Waals surface area contributed by atoms with Crippen molar-refractivity contribution in [3.8, 4) is 0 Å². The van der Waals surface area contributed by atoms with E-state index in [9.17, 15) is 15.0 Å². The maximum Gasteiger partial charge on any atom is 0.222 e. The summed E-state index contributed by atoms with van der Waals surface area (Å²) in [7, 11) is 3.63. The number of amides is 1. The van der Waals surface area contributed by atoms with Gasteiger partial charge in [-0.1, -0.05) is 63.3 Å². The van der Waals surface area contributed by atoms with E-state index in [-0.39, 0.29) is 17.9 Å². The minimum Gasteiger partial charge on any atom is -0.392 e. The Morgan fingerprint density at radius 1 is 1.16 bits per heavy atom. The van der Waals surface area contributed by atoms with E-state index >= 15 is 0 Å². The lowest BCUT2D eigenvalue weighted by molar-refractivity contribution is -0.128. The van der Waals surface area contributed by atoms with Crippen LogP contribution in [0.25, 0.3) is 0 Å². The summed E-state index contributed by atoms with van der Waals surface area (Å²) in [6.45, 7) is 4.35. The minimum absolute atomic E-state index is 0.204. The van der Waals surface area contributed by atoms with E-state index in [0.29, 0.717) is 24.7 Å². The number of aliphatic hydroxyl groups excluding tert-OH is 1. The Balaban J connectivity index is 1.84. The first kappa shape index (κ1) is 26.1. The Morgan fingerprint density at radius 3 is 2.45 bits per heavy atom. The number of carbonyl (C=O) groups excluding carboxylic acids is 1. The van der Waals surface area contributed by atoms with Crippen LogP contribution in [0.4, 0.5) is 0 Å². The number of allylic oxidation sites excluding steroid dienone is 2. The normalized spacial score (nSPS) is 25.8. The van der Waals surface area contributed by atoms with E-state index in [4.69, 9.17) is 0 Å². The number of nitrogens with zero attached hydrogens (tertiary/aromatic N) is 1. The maximum absolute atomic E-state index is 11.7. The number of unbranched alkanes of at least 4 members (excludes halogenated alkanes) is 3. The largest absolute Gasteiger partial charge is 0.392 e. The molecule has 1 amide bonds. The van der Waals surface area contributed by atoms with E-state index in [1.165, 1.54) is 5.57 Å². The molecule has 178 valence electrons. The van der Waals surface area contributed by atoms with Crippen LogP contribution in [0, 0.1) is 17.8 Å². The molecule has 0 radical (unpaired) electrons. The highest BCUT2D eigenvalue weighted by atomic mass is 16.3. The third-order valence-electron chi connectivity index (χ3n) is 7.43. The van der Waals surface area contributed by atoms with Crippen LogP contribution in [0.2, 0.25) is 0 Å². The van der Waals surface area contributed by atoms with Gasteiger partial charge in [-0.15, -0.1) is 0 Å². The van der Waals surface area contributed by atoms with Gasteiger partial charge >= 0.3 is 0 Å². The van der Waals surface area contributed by atoms with Crippen molar-refractivity contribution in [1.29, 1.82) is 0 Å². The molecule has 4 nitrogen and oxygen atoms in total. The molecule has 0 unspecified atom stereocenters. The molecule has 0 aromatic rings. The molecule has 4 atom stereocenters. The van der Waals surface area contributed by atoms with Crippen LogP contribution in [0.5, 0.6) is 0 Å². The summed E-state index contributed by atoms with van der Waals surface area (Å²) >= 11 is 0. The Morgan fingerprint density at radius 2 is 1.84 bits per heavy atom. The average molecular weight is 434 g/mol. The van der Waals surface area contributed by atoms with Gasteiger partial charge in [0.2, 0.25) is 5.91 Å². The van der Waals surface area contributed by atoms with Crippen LogP contribution in [0.15, 0.2) is 23.8 Å². The molecule has 0 aliphatic heterocycles. The van der Waals surface area contributed by atoms with E-state index in [1.54, 1.807) is 4.90 Å². The molecule has 0 bridgehead atoms. The molecule has 0 spiro atoms. The van der Waals surface area contributed by atoms with Crippen molar-refractivity contribution in [2.24, 2.45) is 17.8 Å². The summed E-state index contributed by atoms with van der Waals surface area (Å²) in [6.07, 6.45) is 19.0. The highest BCUT2D eigenvalue weighted by Gasteiger charge is 2.43. The molecule has 2 aliphatic rings. The zero-order chi connectivity index (χ0) is 22.9. The van der Waals surface area contributed by atoms with Crippen molar-refractivity contribution in [3.05, 3.63) is 23.8 Å². The molecule has 0 heterocycles. The summed E-state index contributed by atoms with van der Waals surface area (Å²) in [5.74, 6) is 1.41. The first-order valence-corrected chi connectivity index (χ1v) is 12.8. The zero-order valence-corrected chi connectivity index (χ0v) is 20.5. The molecule has 0 aromatic heterocycles. The van der Waals surface area contributed by atoms with Crippen LogP contribution < -0.4 is 0 Å². The summed E-state index contributed by atoms with van der Waals surface area (Å²) < 4.78 is 0. The van der Waals surface area contributed by atoms with Gasteiger partial charge in [-0.25, -0.2) is 0 Å². The fourth-order valence-electron chi connectivity index (χ4n) is 5.43. The quantitative estimate of drug-likeness (QED) is 0.275. The lowest BCUT2D eigenvalue weighted by Gasteiger charge is -2.27. The van der Waals surface area contributed by atoms with E-state index in [2.05, 4.69) is 32.1 Å². The zero-order valence-electron chi connectivity index (χ0n) is 20.5. The molecule has 31 heavy (non-hydrogen) atoms. The van der Waals surface area contributed by atoms with Gasteiger partial charge < -0.3 is 15.1 Å². The molecule has 0 saturated heterocycles. The molecule has 1 saturated carbocycles. The first-order chi connectivity index (χ1) is 14.8. The summed E-state index contributed by atoms with van der Waals surface area (Å²) in [4.78, 5) is 13.4. The first-order valence-electron chi connectivity index (χ1n) is 12.8. The van der Waals surface area contributed by atoms with Crippen molar-refractivity contribution in [1.82, 2.24) is 4.90 Å². The van der Waals surface area contributed by atoms with Crippen molar-refractivity contribution in [2.45, 2.75) is 109 Å². The fourth-order valence-corrected chi connectivity index (χ4v) is 5.43. The standard InChI is InChI=1S/C27H47NO3/c1-5-7-15-27(31,16-8-6-2)17-11-13-23-24-19-21(18-22(24)20-25(23)29)12-9-10-14-26(30)28(3)4/h11,13,18,22-25,29,31H,5-10,12,14-17,19-20H2,1-4H3/b13-11+/t22-,23+,24-,25+/m0/s1. The Hall–Kier alpha value is -1.13. The second kappa shape index (κ2) is 12.8. The molecule has 4 heteroatoms. The van der Waals surface area contributed by atoms with Gasteiger partial charge in [0.1, 0.15) is 0 Å². The predicted octanol–water partition coefficient (Wildman–Crippen LogP) is 5.64. The number of rotatable bonds is 14. The Kier molecular flexibility index (Phi) is 10.8. The maximum atomic E-state index is 11.7. The van der Waals surface area contributed by atoms with E-state index in [1.807, 2.05) is 14.1 Å². The van der Waals surface area contributed by atoms with E-state index < -0.39 is 5.60 Å². The molecular formula is C27H47NO3. The topological polar surface area (TPSA) is 60.8 Å². The molecule has 2 N–H and O–H groups in total. The van der Waals surface area contributed by atoms with Gasteiger partial charge in [-0.05, 0) is 63.2 Å². The van der Waals surface area contributed by atoms with Gasteiger partial charge in [-0.2, -0.15) is 0 Å². The van der Waals surface area contributed by atoms with Crippen molar-refractivity contribution < 1.29 is 15.0 Å². The smallest absolute Gasteiger partial charge is 0.222 e. The highest BCUT2D eigenvalue weighted by molar-refractivity contribution is 5.75. The minimum atomic E-state index is -0.589. The van der Waals surface area contributed by atoms with Gasteiger partial charge in [0.15, 0.2) is 0 Å².